The van der Waals surface area contributed by atoms with Crippen LogP contribution in [0.15, 0.2) is 16.6 Å². The molecule has 1 aromatic heterocycles. The molecule has 0 aliphatic heterocycles. The number of nitrogens with zero attached hydrogens (tertiary/aromatic N) is 2. The number of carbonyl (C=O) groups excluding carboxylic acids is 1. The Kier molecular flexibility index (Phi) is 6.19. The summed E-state index contributed by atoms with van der Waals surface area (Å²) in [6.45, 7) is 6.69. The molecule has 2 rings (SSSR count). The van der Waals surface area contributed by atoms with Crippen molar-refractivity contribution in [3.05, 3.63) is 22.3 Å². The van der Waals surface area contributed by atoms with E-state index in [0.29, 0.717) is 39.8 Å². The molecule has 7 nitrogen and oxygen atoms in total. The smallest absolute Gasteiger partial charge is 0.361 e. The number of halogens is 1. The first-order valence-corrected chi connectivity index (χ1v) is 8.35. The van der Waals surface area contributed by atoms with Gasteiger partial charge in [0.1, 0.15) is 5.69 Å². The average molecular weight is 398 g/mol. The van der Waals surface area contributed by atoms with Crippen molar-refractivity contribution in [2.24, 2.45) is 5.92 Å². The maximum absolute atomic E-state index is 12.0. The monoisotopic (exact) mass is 397 g/mol. The van der Waals surface area contributed by atoms with Crippen LogP contribution < -0.4 is 9.47 Å². The minimum absolute atomic E-state index is 0.127. The van der Waals surface area contributed by atoms with Crippen molar-refractivity contribution in [3.8, 4) is 22.8 Å². The van der Waals surface area contributed by atoms with E-state index in [0.717, 1.165) is 0 Å². The lowest BCUT2D eigenvalue weighted by Crippen LogP contribution is -2.07. The molecule has 130 valence electrons. The summed E-state index contributed by atoms with van der Waals surface area (Å²) in [4.78, 5) is 12.0. The maximum atomic E-state index is 12.0. The summed E-state index contributed by atoms with van der Waals surface area (Å²) in [7, 11) is 1.56. The molecule has 2 aromatic rings. The zero-order chi connectivity index (χ0) is 17.7. The Hall–Kier alpha value is -2.09. The van der Waals surface area contributed by atoms with Crippen molar-refractivity contribution in [1.29, 1.82) is 0 Å². The predicted octanol–water partition coefficient (Wildman–Crippen LogP) is 3.45. The number of aromatic nitrogens is 3. The Labute approximate surface area is 148 Å². The fourth-order valence-electron chi connectivity index (χ4n) is 2.02. The largest absolute Gasteiger partial charge is 0.493 e. The number of ether oxygens (including phenoxy) is 3. The number of rotatable bonds is 7. The summed E-state index contributed by atoms with van der Waals surface area (Å²) in [5.74, 6) is 0.998. The SMILES string of the molecule is CCOC(=O)c1n[nH]nc1-c1cc(Br)c(OCC(C)C)c(OC)c1. The number of hydrogen-bond acceptors (Lipinski definition) is 6. The van der Waals surface area contributed by atoms with E-state index in [2.05, 4.69) is 45.2 Å². The van der Waals surface area contributed by atoms with Gasteiger partial charge in [-0.2, -0.15) is 10.3 Å². The Morgan fingerprint density at radius 2 is 2.08 bits per heavy atom. The summed E-state index contributed by atoms with van der Waals surface area (Å²) in [5.41, 5.74) is 1.18. The number of hydrogen-bond donors (Lipinski definition) is 1. The summed E-state index contributed by atoms with van der Waals surface area (Å²) in [6.07, 6.45) is 0. The van der Waals surface area contributed by atoms with Crippen LogP contribution in [0, 0.1) is 5.92 Å². The number of carbonyl (C=O) groups is 1. The molecule has 0 atom stereocenters. The zero-order valence-electron chi connectivity index (χ0n) is 14.1. The van der Waals surface area contributed by atoms with E-state index in [4.69, 9.17) is 14.2 Å². The molecule has 0 spiro atoms. The van der Waals surface area contributed by atoms with Gasteiger partial charge in [0.25, 0.3) is 0 Å². The first-order chi connectivity index (χ1) is 11.5. The highest BCUT2D eigenvalue weighted by atomic mass is 79.9. The number of nitrogens with one attached hydrogen (secondary N) is 1. The Bertz CT molecular complexity index is 715. The van der Waals surface area contributed by atoms with Gasteiger partial charge in [-0.25, -0.2) is 4.79 Å². The van der Waals surface area contributed by atoms with Crippen molar-refractivity contribution < 1.29 is 19.0 Å². The minimum Gasteiger partial charge on any atom is -0.493 e. The normalized spacial score (nSPS) is 10.8. The van der Waals surface area contributed by atoms with Crippen LogP contribution in [0.5, 0.6) is 11.5 Å². The van der Waals surface area contributed by atoms with Gasteiger partial charge in [0.15, 0.2) is 17.2 Å². The summed E-state index contributed by atoms with van der Waals surface area (Å²) in [5, 5.41) is 10.4. The van der Waals surface area contributed by atoms with Crippen LogP contribution in [-0.2, 0) is 4.74 Å². The van der Waals surface area contributed by atoms with Gasteiger partial charge in [-0.3, -0.25) is 0 Å². The molecule has 24 heavy (non-hydrogen) atoms. The first kappa shape index (κ1) is 18.3. The third kappa shape index (κ3) is 4.05. The molecule has 1 N–H and O–H groups in total. The van der Waals surface area contributed by atoms with Crippen LogP contribution in [0.4, 0.5) is 0 Å². The van der Waals surface area contributed by atoms with Crippen LogP contribution in [0.3, 0.4) is 0 Å². The van der Waals surface area contributed by atoms with Gasteiger partial charge in [0.05, 0.1) is 24.8 Å². The second-order valence-corrected chi connectivity index (χ2v) is 6.29. The number of benzene rings is 1. The van der Waals surface area contributed by atoms with E-state index in [9.17, 15) is 4.79 Å². The predicted molar refractivity (Wildman–Crippen MR) is 92.4 cm³/mol. The Morgan fingerprint density at radius 3 is 2.71 bits per heavy atom. The number of H-pyrrole nitrogens is 1. The van der Waals surface area contributed by atoms with Crippen LogP contribution >= 0.6 is 15.9 Å². The molecule has 0 saturated heterocycles. The van der Waals surface area contributed by atoms with Crippen LogP contribution in [0.2, 0.25) is 0 Å². The summed E-state index contributed by atoms with van der Waals surface area (Å²) < 4.78 is 16.9. The molecule has 1 heterocycles. The van der Waals surface area contributed by atoms with Gasteiger partial charge in [-0.05, 0) is 40.9 Å². The number of aromatic amines is 1. The second-order valence-electron chi connectivity index (χ2n) is 5.44. The van der Waals surface area contributed by atoms with E-state index in [1.165, 1.54) is 0 Å². The Morgan fingerprint density at radius 1 is 1.33 bits per heavy atom. The lowest BCUT2D eigenvalue weighted by atomic mass is 10.1. The van der Waals surface area contributed by atoms with Crippen molar-refractivity contribution in [1.82, 2.24) is 15.4 Å². The van der Waals surface area contributed by atoms with Crippen molar-refractivity contribution in [2.75, 3.05) is 20.3 Å². The molecule has 0 bridgehead atoms. The molecule has 0 saturated carbocycles. The van der Waals surface area contributed by atoms with Gasteiger partial charge < -0.3 is 14.2 Å². The van der Waals surface area contributed by atoms with Gasteiger partial charge in [0.2, 0.25) is 0 Å². The van der Waals surface area contributed by atoms with E-state index < -0.39 is 5.97 Å². The van der Waals surface area contributed by atoms with E-state index in [1.54, 1.807) is 26.2 Å². The van der Waals surface area contributed by atoms with Gasteiger partial charge in [-0.1, -0.05) is 13.8 Å². The third-order valence-corrected chi connectivity index (χ3v) is 3.67. The highest BCUT2D eigenvalue weighted by Gasteiger charge is 2.22. The highest BCUT2D eigenvalue weighted by Crippen LogP contribution is 2.40. The number of methoxy groups -OCH3 is 1. The summed E-state index contributed by atoms with van der Waals surface area (Å²) >= 11 is 3.49. The lowest BCUT2D eigenvalue weighted by molar-refractivity contribution is 0.0520. The summed E-state index contributed by atoms with van der Waals surface area (Å²) in [6, 6.07) is 3.56. The van der Waals surface area contributed by atoms with Crippen LogP contribution in [0.25, 0.3) is 11.3 Å². The molecule has 0 radical (unpaired) electrons. The fourth-order valence-corrected chi connectivity index (χ4v) is 2.58. The minimum atomic E-state index is -0.531. The molecule has 0 fully saturated rings. The lowest BCUT2D eigenvalue weighted by Gasteiger charge is -2.15. The topological polar surface area (TPSA) is 86.3 Å². The molecule has 0 aliphatic rings. The average Bonchev–Trinajstić information content (AvgIpc) is 3.02. The standard InChI is InChI=1S/C16H20BrN3O4/c1-5-23-16(21)14-13(18-20-19-14)10-6-11(17)15(12(7-10)22-4)24-8-9(2)3/h6-7,9H,5,8H2,1-4H3,(H,18,19,20). The van der Waals surface area contributed by atoms with E-state index in [-0.39, 0.29) is 12.3 Å². The molecule has 0 amide bonds. The molecule has 8 heteroatoms. The second kappa shape index (κ2) is 8.14. The fraction of sp³-hybridized carbons (Fsp3) is 0.438. The zero-order valence-corrected chi connectivity index (χ0v) is 15.6. The molecule has 1 aromatic carbocycles. The van der Waals surface area contributed by atoms with Crippen molar-refractivity contribution in [3.63, 3.8) is 0 Å². The van der Waals surface area contributed by atoms with Crippen LogP contribution in [-0.4, -0.2) is 41.7 Å². The van der Waals surface area contributed by atoms with Crippen molar-refractivity contribution in [2.45, 2.75) is 20.8 Å². The van der Waals surface area contributed by atoms with E-state index in [1.807, 2.05) is 0 Å². The highest BCUT2D eigenvalue weighted by molar-refractivity contribution is 9.10. The third-order valence-electron chi connectivity index (χ3n) is 3.08. The molecular weight excluding hydrogens is 378 g/mol. The Balaban J connectivity index is 2.41. The maximum Gasteiger partial charge on any atom is 0.361 e. The molecule has 0 unspecified atom stereocenters. The van der Waals surface area contributed by atoms with Gasteiger partial charge in [-0.15, -0.1) is 5.10 Å². The molecule has 0 aliphatic carbocycles. The number of esters is 1. The quantitative estimate of drug-likeness (QED) is 0.719. The van der Waals surface area contributed by atoms with E-state index >= 15 is 0 Å². The van der Waals surface area contributed by atoms with Crippen molar-refractivity contribution >= 4 is 21.9 Å². The first-order valence-electron chi connectivity index (χ1n) is 7.56. The molecular formula is C16H20BrN3O4. The van der Waals surface area contributed by atoms with Gasteiger partial charge >= 0.3 is 5.97 Å². The van der Waals surface area contributed by atoms with Gasteiger partial charge in [0, 0.05) is 5.56 Å². The van der Waals surface area contributed by atoms with Crippen LogP contribution in [0.1, 0.15) is 31.3 Å².